The molecule has 1 N–H and O–H groups in total. The van der Waals surface area contributed by atoms with Crippen LogP contribution in [0.1, 0.15) is 110 Å². The second-order valence-corrected chi connectivity index (χ2v) is 8.66. The zero-order valence-electron chi connectivity index (χ0n) is 16.8. The van der Waals surface area contributed by atoms with Gasteiger partial charge in [-0.15, -0.1) is 0 Å². The Labute approximate surface area is 178 Å². The van der Waals surface area contributed by atoms with Gasteiger partial charge in [-0.3, -0.25) is 0 Å². The molecule has 0 saturated carbocycles. The van der Waals surface area contributed by atoms with Crippen LogP contribution in [0.25, 0.3) is 0 Å². The van der Waals surface area contributed by atoms with E-state index in [9.17, 15) is 18.1 Å². The molecule has 0 amide bonds. The molecule has 0 bridgehead atoms. The minimum absolute atomic E-state index is 0. The largest absolute Gasteiger partial charge is 1.00 e. The fraction of sp³-hybridized carbons (Fsp3) is 1.00. The first-order chi connectivity index (χ1) is 11.4. The zero-order chi connectivity index (χ0) is 18.3. The van der Waals surface area contributed by atoms with Crippen LogP contribution in [0.3, 0.4) is 0 Å². The molecular weight excluding hydrogens is 347 g/mol. The van der Waals surface area contributed by atoms with Gasteiger partial charge in [0, 0.05) is 0 Å². The SMILES string of the molecule is CCCCCCCCCCC(C(O)CCCCCCC)S(=O)(=O)[O-].[Na+]. The predicted molar refractivity (Wildman–Crippen MR) is 100 cm³/mol. The molecule has 0 aliphatic carbocycles. The van der Waals surface area contributed by atoms with Crippen LogP contribution in [0.2, 0.25) is 0 Å². The average molecular weight is 387 g/mol. The van der Waals surface area contributed by atoms with Crippen LogP contribution in [0.5, 0.6) is 0 Å². The van der Waals surface area contributed by atoms with Crippen molar-refractivity contribution in [1.82, 2.24) is 0 Å². The van der Waals surface area contributed by atoms with Crippen LogP contribution in [-0.4, -0.2) is 29.4 Å². The summed E-state index contributed by atoms with van der Waals surface area (Å²) in [5.74, 6) is 0. The number of hydrogen-bond acceptors (Lipinski definition) is 4. The minimum atomic E-state index is -4.42. The summed E-state index contributed by atoms with van der Waals surface area (Å²) in [6, 6.07) is 0. The minimum Gasteiger partial charge on any atom is -0.748 e. The van der Waals surface area contributed by atoms with Crippen LogP contribution in [0.4, 0.5) is 0 Å². The van der Waals surface area contributed by atoms with Crippen molar-refractivity contribution in [3.8, 4) is 0 Å². The first-order valence-electron chi connectivity index (χ1n) is 10.1. The first kappa shape index (κ1) is 28.1. The Hall–Kier alpha value is 0.870. The fourth-order valence-corrected chi connectivity index (χ4v) is 4.13. The third kappa shape index (κ3) is 16.7. The molecule has 0 heterocycles. The molecule has 0 spiro atoms. The second-order valence-electron chi connectivity index (χ2n) is 7.07. The van der Waals surface area contributed by atoms with E-state index in [2.05, 4.69) is 13.8 Å². The van der Waals surface area contributed by atoms with Crippen LogP contribution in [0.15, 0.2) is 0 Å². The van der Waals surface area contributed by atoms with Crippen molar-refractivity contribution in [2.45, 2.75) is 122 Å². The van der Waals surface area contributed by atoms with E-state index in [1.165, 1.54) is 32.1 Å². The van der Waals surface area contributed by atoms with E-state index in [1.54, 1.807) is 0 Å². The number of aliphatic hydroxyl groups is 1. The summed E-state index contributed by atoms with van der Waals surface area (Å²) in [6.45, 7) is 4.33. The first-order valence-corrected chi connectivity index (χ1v) is 11.5. The Morgan fingerprint density at radius 3 is 1.48 bits per heavy atom. The maximum absolute atomic E-state index is 11.4. The Kier molecular flexibility index (Phi) is 20.5. The van der Waals surface area contributed by atoms with Crippen molar-refractivity contribution < 1.29 is 47.6 Å². The predicted octanol–water partition coefficient (Wildman–Crippen LogP) is 2.16. The fourth-order valence-electron chi connectivity index (χ4n) is 3.15. The Morgan fingerprint density at radius 2 is 1.08 bits per heavy atom. The molecule has 0 saturated heterocycles. The summed E-state index contributed by atoms with van der Waals surface area (Å²) in [5.41, 5.74) is 0. The van der Waals surface area contributed by atoms with Gasteiger partial charge in [-0.25, -0.2) is 8.42 Å². The summed E-state index contributed by atoms with van der Waals surface area (Å²) < 4.78 is 34.3. The third-order valence-electron chi connectivity index (χ3n) is 4.75. The molecule has 0 radical (unpaired) electrons. The molecule has 0 fully saturated rings. The summed E-state index contributed by atoms with van der Waals surface area (Å²) in [5, 5.41) is 9.00. The van der Waals surface area contributed by atoms with Crippen molar-refractivity contribution in [2.24, 2.45) is 0 Å². The van der Waals surface area contributed by atoms with Gasteiger partial charge in [-0.1, -0.05) is 97.3 Å². The summed E-state index contributed by atoms with van der Waals surface area (Å²) >= 11 is 0. The van der Waals surface area contributed by atoms with E-state index in [0.717, 1.165) is 44.9 Å². The standard InChI is InChI=1S/C19H40O4S.Na/c1-3-5-7-9-10-11-13-15-17-19(24(21,22)23)18(20)16-14-12-8-6-4-2;/h18-20H,3-17H2,1-2H3,(H,21,22,23);/q;+1/p-1. The van der Waals surface area contributed by atoms with E-state index < -0.39 is 21.5 Å². The quantitative estimate of drug-likeness (QED) is 0.236. The molecule has 146 valence electrons. The van der Waals surface area contributed by atoms with Crippen molar-refractivity contribution in [3.63, 3.8) is 0 Å². The maximum atomic E-state index is 11.4. The molecular formula is C19H39NaO4S. The summed E-state index contributed by atoms with van der Waals surface area (Å²) in [4.78, 5) is 0. The average Bonchev–Trinajstić information content (AvgIpc) is 2.51. The van der Waals surface area contributed by atoms with Gasteiger partial charge < -0.3 is 9.66 Å². The number of hydrogen-bond donors (Lipinski definition) is 1. The van der Waals surface area contributed by atoms with Crippen molar-refractivity contribution in [3.05, 3.63) is 0 Å². The molecule has 2 unspecified atom stereocenters. The van der Waals surface area contributed by atoms with E-state index in [1.807, 2.05) is 0 Å². The van der Waals surface area contributed by atoms with Gasteiger partial charge in [0.2, 0.25) is 0 Å². The molecule has 25 heavy (non-hydrogen) atoms. The van der Waals surface area contributed by atoms with E-state index >= 15 is 0 Å². The molecule has 6 heteroatoms. The topological polar surface area (TPSA) is 77.4 Å². The van der Waals surface area contributed by atoms with Gasteiger partial charge in [0.15, 0.2) is 0 Å². The molecule has 0 rings (SSSR count). The van der Waals surface area contributed by atoms with Crippen LogP contribution < -0.4 is 29.6 Å². The van der Waals surface area contributed by atoms with Gasteiger partial charge in [0.1, 0.15) is 10.1 Å². The number of rotatable bonds is 17. The third-order valence-corrected chi connectivity index (χ3v) is 6.04. The van der Waals surface area contributed by atoms with Gasteiger partial charge in [-0.05, 0) is 12.8 Å². The molecule has 0 aromatic rings. The van der Waals surface area contributed by atoms with Gasteiger partial charge in [-0.2, -0.15) is 0 Å². The van der Waals surface area contributed by atoms with Gasteiger partial charge in [0.05, 0.1) is 11.4 Å². The van der Waals surface area contributed by atoms with E-state index in [0.29, 0.717) is 19.3 Å². The number of aliphatic hydroxyl groups excluding tert-OH is 1. The zero-order valence-corrected chi connectivity index (χ0v) is 19.7. The van der Waals surface area contributed by atoms with Crippen molar-refractivity contribution in [2.75, 3.05) is 0 Å². The van der Waals surface area contributed by atoms with Gasteiger partial charge >= 0.3 is 29.6 Å². The molecule has 0 aromatic carbocycles. The molecule has 0 aromatic heterocycles. The number of unbranched alkanes of at least 4 members (excludes halogenated alkanes) is 11. The van der Waals surface area contributed by atoms with E-state index in [4.69, 9.17) is 0 Å². The van der Waals surface area contributed by atoms with Crippen molar-refractivity contribution >= 4 is 10.1 Å². The van der Waals surface area contributed by atoms with Crippen molar-refractivity contribution in [1.29, 1.82) is 0 Å². The summed E-state index contributed by atoms with van der Waals surface area (Å²) in [6.07, 6.45) is 13.9. The molecule has 0 aliphatic rings. The van der Waals surface area contributed by atoms with Crippen LogP contribution >= 0.6 is 0 Å². The smallest absolute Gasteiger partial charge is 0.748 e. The van der Waals surface area contributed by atoms with Crippen LogP contribution in [-0.2, 0) is 10.1 Å². The van der Waals surface area contributed by atoms with Gasteiger partial charge in [0.25, 0.3) is 0 Å². The summed E-state index contributed by atoms with van der Waals surface area (Å²) in [7, 11) is -4.42. The molecule has 4 nitrogen and oxygen atoms in total. The Balaban J connectivity index is 0. The van der Waals surface area contributed by atoms with Crippen LogP contribution in [0, 0.1) is 0 Å². The Bertz CT molecular complexity index is 374. The monoisotopic (exact) mass is 386 g/mol. The molecule has 0 aliphatic heterocycles. The molecule has 2 atom stereocenters. The maximum Gasteiger partial charge on any atom is 1.00 e. The Morgan fingerprint density at radius 1 is 0.720 bits per heavy atom. The van der Waals surface area contributed by atoms with E-state index in [-0.39, 0.29) is 29.6 Å². The second kappa shape index (κ2) is 18.2. The normalized spacial score (nSPS) is 14.1.